The maximum Gasteiger partial charge on any atom is 0.239 e. The van der Waals surface area contributed by atoms with Crippen molar-refractivity contribution in [3.63, 3.8) is 0 Å². The predicted molar refractivity (Wildman–Crippen MR) is 191 cm³/mol. The lowest BCUT2D eigenvalue weighted by Gasteiger charge is -2.55. The second kappa shape index (κ2) is 14.5. The Morgan fingerprint density at radius 3 is 1.12 bits per heavy atom. The zero-order valence-electron chi connectivity index (χ0n) is 28.6. The second-order valence-electron chi connectivity index (χ2n) is 14.1. The topological polar surface area (TPSA) is 104 Å². The zero-order valence-corrected chi connectivity index (χ0v) is 28.6. The number of primary amides is 1. The molecule has 1 fully saturated rings. The molecule has 4 aromatic rings. The molecule has 0 heterocycles. The molecule has 1 saturated carbocycles. The monoisotopic (exact) mass is 646 g/mol. The maximum absolute atomic E-state index is 15.8. The highest BCUT2D eigenvalue weighted by Crippen LogP contribution is 2.49. The van der Waals surface area contributed by atoms with Gasteiger partial charge in [-0.3, -0.25) is 9.59 Å². The fourth-order valence-electron chi connectivity index (χ4n) is 8.19. The molecule has 4 N–H and O–H groups in total. The Bertz CT molecular complexity index is 1450. The number of aliphatic hydroxyl groups is 2. The Labute approximate surface area is 285 Å². The van der Waals surface area contributed by atoms with Crippen LogP contribution in [-0.2, 0) is 20.8 Å². The number of nitrogens with two attached hydrogens (primary N) is 1. The maximum atomic E-state index is 15.8. The number of hydrogen-bond donors (Lipinski definition) is 3. The third kappa shape index (κ3) is 6.20. The van der Waals surface area contributed by atoms with Gasteiger partial charge in [-0.05, 0) is 46.9 Å². The molecule has 252 valence electrons. The van der Waals surface area contributed by atoms with E-state index >= 15 is 4.79 Å². The van der Waals surface area contributed by atoms with Gasteiger partial charge < -0.3 is 20.8 Å². The van der Waals surface area contributed by atoms with Crippen molar-refractivity contribution >= 4 is 11.8 Å². The van der Waals surface area contributed by atoms with Gasteiger partial charge in [0.1, 0.15) is 16.6 Å². The lowest BCUT2D eigenvalue weighted by atomic mass is 9.67. The number of benzene rings is 4. The summed E-state index contributed by atoms with van der Waals surface area (Å²) in [6, 6.07) is 35.7. The minimum absolute atomic E-state index is 0.317. The van der Waals surface area contributed by atoms with Crippen LogP contribution in [0.4, 0.5) is 0 Å². The van der Waals surface area contributed by atoms with Gasteiger partial charge in [0.2, 0.25) is 11.8 Å². The standard InChI is InChI=1S/C42H50N2O4/c1-30(2)36(41(47,32-20-10-5-11-21-32)33-22-12-6-13-23-33)44(39(46)40(38(43)45)28-18-9-19-29-40)37(31(3)4)42(48,34-24-14-7-15-25-34)35-26-16-8-17-27-35/h5-8,10-17,20-27,30-31,36-37,47-48H,9,18-19,28-29H2,1-4H3,(H2,43,45). The first kappa shape index (κ1) is 35.1. The summed E-state index contributed by atoms with van der Waals surface area (Å²) >= 11 is 0. The van der Waals surface area contributed by atoms with Gasteiger partial charge in [-0.15, -0.1) is 0 Å². The lowest BCUT2D eigenvalue weighted by molar-refractivity contribution is -0.175. The second-order valence-corrected chi connectivity index (χ2v) is 14.1. The summed E-state index contributed by atoms with van der Waals surface area (Å²) in [5.41, 5.74) is 3.72. The third-order valence-corrected chi connectivity index (χ3v) is 10.4. The van der Waals surface area contributed by atoms with Gasteiger partial charge in [0.25, 0.3) is 0 Å². The molecule has 0 radical (unpaired) electrons. The quantitative estimate of drug-likeness (QED) is 0.142. The summed E-state index contributed by atoms with van der Waals surface area (Å²) in [6.45, 7) is 7.95. The van der Waals surface area contributed by atoms with E-state index in [1.54, 1.807) is 4.90 Å². The SMILES string of the molecule is CC(C)C(N(C(=O)C1(C(N)=O)CCCCC1)C(C(C)C)C(O)(c1ccccc1)c1ccccc1)C(O)(c1ccccc1)c1ccccc1. The third-order valence-electron chi connectivity index (χ3n) is 10.4. The van der Waals surface area contributed by atoms with Crippen LogP contribution in [0.15, 0.2) is 121 Å². The molecule has 0 bridgehead atoms. The molecule has 1 aliphatic rings. The molecule has 0 saturated heterocycles. The predicted octanol–water partition coefficient (Wildman–Crippen LogP) is 7.17. The van der Waals surface area contributed by atoms with E-state index in [9.17, 15) is 15.0 Å². The van der Waals surface area contributed by atoms with Crippen LogP contribution in [0.3, 0.4) is 0 Å². The fraction of sp³-hybridized carbons (Fsp3) is 0.381. The van der Waals surface area contributed by atoms with E-state index in [4.69, 9.17) is 5.73 Å². The smallest absolute Gasteiger partial charge is 0.239 e. The van der Waals surface area contributed by atoms with Gasteiger partial charge in [0, 0.05) is 0 Å². The van der Waals surface area contributed by atoms with Crippen molar-refractivity contribution in [3.8, 4) is 0 Å². The Morgan fingerprint density at radius 2 is 0.875 bits per heavy atom. The summed E-state index contributed by atoms with van der Waals surface area (Å²) in [5, 5.41) is 26.9. The molecule has 0 aliphatic heterocycles. The van der Waals surface area contributed by atoms with E-state index < -0.39 is 40.5 Å². The average Bonchev–Trinajstić information content (AvgIpc) is 3.12. The molecular formula is C42H50N2O4. The normalized spacial score (nSPS) is 16.3. The number of nitrogens with zero attached hydrogens (tertiary/aromatic N) is 1. The molecular weight excluding hydrogens is 596 g/mol. The lowest BCUT2D eigenvalue weighted by Crippen LogP contribution is -2.69. The van der Waals surface area contributed by atoms with Gasteiger partial charge in [0.15, 0.2) is 0 Å². The summed E-state index contributed by atoms with van der Waals surface area (Å²) < 4.78 is 0. The molecule has 4 aromatic carbocycles. The summed E-state index contributed by atoms with van der Waals surface area (Å²) in [4.78, 5) is 31.1. The average molecular weight is 647 g/mol. The van der Waals surface area contributed by atoms with Crippen molar-refractivity contribution in [1.82, 2.24) is 4.90 Å². The molecule has 1 aliphatic carbocycles. The van der Waals surface area contributed by atoms with E-state index in [2.05, 4.69) is 0 Å². The molecule has 6 heteroatoms. The van der Waals surface area contributed by atoms with Crippen LogP contribution in [0.5, 0.6) is 0 Å². The van der Waals surface area contributed by atoms with Gasteiger partial charge in [-0.2, -0.15) is 0 Å². The zero-order chi connectivity index (χ0) is 34.5. The van der Waals surface area contributed by atoms with Gasteiger partial charge in [-0.1, -0.05) is 168 Å². The number of amides is 2. The van der Waals surface area contributed by atoms with E-state index in [1.165, 1.54) is 0 Å². The molecule has 0 aromatic heterocycles. The number of carbonyl (C=O) groups excluding carboxylic acids is 2. The van der Waals surface area contributed by atoms with E-state index in [1.807, 2.05) is 149 Å². The molecule has 0 spiro atoms. The summed E-state index contributed by atoms with van der Waals surface area (Å²) in [5.74, 6) is -1.79. The summed E-state index contributed by atoms with van der Waals surface area (Å²) in [7, 11) is 0. The van der Waals surface area contributed by atoms with Crippen molar-refractivity contribution in [2.24, 2.45) is 23.0 Å². The van der Waals surface area contributed by atoms with Crippen LogP contribution in [0.25, 0.3) is 0 Å². The van der Waals surface area contributed by atoms with E-state index in [-0.39, 0.29) is 11.8 Å². The molecule has 2 unspecified atom stereocenters. The van der Waals surface area contributed by atoms with Crippen LogP contribution < -0.4 is 5.73 Å². The van der Waals surface area contributed by atoms with Crippen molar-refractivity contribution in [1.29, 1.82) is 0 Å². The van der Waals surface area contributed by atoms with Crippen molar-refractivity contribution in [2.45, 2.75) is 83.1 Å². The van der Waals surface area contributed by atoms with Crippen molar-refractivity contribution in [2.75, 3.05) is 0 Å². The van der Waals surface area contributed by atoms with Gasteiger partial charge in [0.05, 0.1) is 12.1 Å². The molecule has 48 heavy (non-hydrogen) atoms. The van der Waals surface area contributed by atoms with Gasteiger partial charge in [-0.25, -0.2) is 0 Å². The van der Waals surface area contributed by atoms with E-state index in [0.29, 0.717) is 47.9 Å². The minimum atomic E-state index is -1.73. The van der Waals surface area contributed by atoms with Gasteiger partial charge >= 0.3 is 0 Å². The fourth-order valence-corrected chi connectivity index (χ4v) is 8.19. The first-order chi connectivity index (χ1) is 23.0. The van der Waals surface area contributed by atoms with Crippen LogP contribution >= 0.6 is 0 Å². The number of rotatable bonds is 12. The Morgan fingerprint density at radius 1 is 0.583 bits per heavy atom. The Hall–Kier alpha value is -4.26. The number of carbonyl (C=O) groups is 2. The highest BCUT2D eigenvalue weighted by Gasteiger charge is 2.59. The molecule has 2 amide bonds. The highest BCUT2D eigenvalue weighted by atomic mass is 16.3. The van der Waals surface area contributed by atoms with Crippen LogP contribution in [0, 0.1) is 17.3 Å². The first-order valence-corrected chi connectivity index (χ1v) is 17.3. The highest BCUT2D eigenvalue weighted by molar-refractivity contribution is 6.05. The van der Waals surface area contributed by atoms with E-state index in [0.717, 1.165) is 6.42 Å². The minimum Gasteiger partial charge on any atom is -0.378 e. The van der Waals surface area contributed by atoms with Crippen LogP contribution in [0.2, 0.25) is 0 Å². The molecule has 2 atom stereocenters. The van der Waals surface area contributed by atoms with Crippen LogP contribution in [0.1, 0.15) is 82.1 Å². The number of hydrogen-bond acceptors (Lipinski definition) is 4. The van der Waals surface area contributed by atoms with Crippen LogP contribution in [-0.4, -0.2) is 39.0 Å². The Kier molecular flexibility index (Phi) is 10.6. The first-order valence-electron chi connectivity index (χ1n) is 17.3. The van der Waals surface area contributed by atoms with Crippen molar-refractivity contribution in [3.05, 3.63) is 144 Å². The largest absolute Gasteiger partial charge is 0.378 e. The summed E-state index contributed by atoms with van der Waals surface area (Å²) in [6.07, 6.45) is 2.91. The van der Waals surface area contributed by atoms with Crippen molar-refractivity contribution < 1.29 is 19.8 Å². The Balaban J connectivity index is 1.90. The molecule has 5 rings (SSSR count). The molecule has 6 nitrogen and oxygen atoms in total.